The number of halogens is 1. The highest BCUT2D eigenvalue weighted by atomic mass is 79.9. The van der Waals surface area contributed by atoms with Gasteiger partial charge in [0.25, 0.3) is 5.91 Å². The molecule has 0 aliphatic heterocycles. The van der Waals surface area contributed by atoms with Gasteiger partial charge in [-0.1, -0.05) is 76.6 Å². The van der Waals surface area contributed by atoms with Crippen molar-refractivity contribution in [3.05, 3.63) is 112 Å². The molecule has 5 heteroatoms. The molecule has 1 amide bonds. The van der Waals surface area contributed by atoms with Crippen molar-refractivity contribution in [3.63, 3.8) is 0 Å². The van der Waals surface area contributed by atoms with Gasteiger partial charge in [0.05, 0.1) is 11.8 Å². The third kappa shape index (κ3) is 4.93. The minimum Gasteiger partial charge on any atom is -0.488 e. The molecule has 30 heavy (non-hydrogen) atoms. The topological polar surface area (TPSA) is 50.7 Å². The van der Waals surface area contributed by atoms with Crippen LogP contribution in [0.25, 0.3) is 10.8 Å². The Morgan fingerprint density at radius 1 is 0.900 bits per heavy atom. The molecule has 0 aliphatic carbocycles. The second-order valence-electron chi connectivity index (χ2n) is 6.72. The average molecular weight is 459 g/mol. The molecule has 4 aromatic rings. The van der Waals surface area contributed by atoms with E-state index in [1.165, 1.54) is 0 Å². The van der Waals surface area contributed by atoms with Gasteiger partial charge in [-0.15, -0.1) is 0 Å². The van der Waals surface area contributed by atoms with Crippen LogP contribution in [0.15, 0.2) is 101 Å². The zero-order chi connectivity index (χ0) is 20.8. The first-order valence-corrected chi connectivity index (χ1v) is 10.3. The third-order valence-corrected chi connectivity index (χ3v) is 5.06. The van der Waals surface area contributed by atoms with Gasteiger partial charge in [0.2, 0.25) is 0 Å². The quantitative estimate of drug-likeness (QED) is 0.286. The van der Waals surface area contributed by atoms with Crippen molar-refractivity contribution in [3.8, 4) is 5.75 Å². The van der Waals surface area contributed by atoms with Crippen LogP contribution < -0.4 is 10.2 Å². The van der Waals surface area contributed by atoms with E-state index in [1.807, 2.05) is 66.7 Å². The number of nitrogens with zero attached hydrogens (tertiary/aromatic N) is 1. The average Bonchev–Trinajstić information content (AvgIpc) is 2.78. The van der Waals surface area contributed by atoms with Crippen LogP contribution >= 0.6 is 15.9 Å². The van der Waals surface area contributed by atoms with Crippen LogP contribution in [-0.2, 0) is 6.61 Å². The highest BCUT2D eigenvalue weighted by Gasteiger charge is 2.11. The molecule has 0 aliphatic rings. The Bertz CT molecular complexity index is 1220. The summed E-state index contributed by atoms with van der Waals surface area (Å²) < 4.78 is 6.86. The zero-order valence-electron chi connectivity index (χ0n) is 16.1. The fourth-order valence-corrected chi connectivity index (χ4v) is 3.53. The van der Waals surface area contributed by atoms with E-state index in [1.54, 1.807) is 24.4 Å². The van der Waals surface area contributed by atoms with Crippen LogP contribution in [0.1, 0.15) is 21.5 Å². The molecule has 4 aromatic carbocycles. The summed E-state index contributed by atoms with van der Waals surface area (Å²) in [5, 5.41) is 6.40. The number of rotatable bonds is 6. The van der Waals surface area contributed by atoms with Crippen molar-refractivity contribution in [1.82, 2.24) is 5.43 Å². The van der Waals surface area contributed by atoms with Crippen molar-refractivity contribution >= 4 is 38.8 Å². The van der Waals surface area contributed by atoms with Gasteiger partial charge in [-0.2, -0.15) is 5.10 Å². The van der Waals surface area contributed by atoms with E-state index in [0.29, 0.717) is 17.9 Å². The van der Waals surface area contributed by atoms with Gasteiger partial charge in [0.1, 0.15) is 12.4 Å². The van der Waals surface area contributed by atoms with E-state index in [2.05, 4.69) is 32.5 Å². The van der Waals surface area contributed by atoms with Crippen molar-refractivity contribution in [2.75, 3.05) is 0 Å². The fraction of sp³-hybridized carbons (Fsp3) is 0.0400. The number of amides is 1. The first-order valence-electron chi connectivity index (χ1n) is 9.47. The van der Waals surface area contributed by atoms with Crippen LogP contribution in [0.4, 0.5) is 0 Å². The number of hydrogen-bond acceptors (Lipinski definition) is 3. The summed E-state index contributed by atoms with van der Waals surface area (Å²) in [5.74, 6) is 0.188. The monoisotopic (exact) mass is 458 g/mol. The van der Waals surface area contributed by atoms with E-state index >= 15 is 0 Å². The van der Waals surface area contributed by atoms with E-state index in [-0.39, 0.29) is 5.91 Å². The normalized spacial score (nSPS) is 11.0. The first-order chi connectivity index (χ1) is 14.7. The molecule has 4 rings (SSSR count). The Morgan fingerprint density at radius 3 is 2.57 bits per heavy atom. The maximum absolute atomic E-state index is 12.6. The minimum absolute atomic E-state index is 0.322. The van der Waals surface area contributed by atoms with Crippen LogP contribution in [-0.4, -0.2) is 12.1 Å². The summed E-state index contributed by atoms with van der Waals surface area (Å²) in [4.78, 5) is 12.6. The van der Waals surface area contributed by atoms with Gasteiger partial charge in [0.15, 0.2) is 0 Å². The molecule has 0 spiro atoms. The summed E-state index contributed by atoms with van der Waals surface area (Å²) in [6.07, 6.45) is 1.63. The van der Waals surface area contributed by atoms with Crippen LogP contribution in [0.3, 0.4) is 0 Å². The van der Waals surface area contributed by atoms with Gasteiger partial charge in [-0.05, 0) is 52.2 Å². The number of carbonyl (C=O) groups is 1. The second-order valence-corrected chi connectivity index (χ2v) is 7.64. The summed E-state index contributed by atoms with van der Waals surface area (Å²) >= 11 is 3.45. The zero-order valence-corrected chi connectivity index (χ0v) is 17.7. The molecule has 0 atom stereocenters. The third-order valence-electron chi connectivity index (χ3n) is 4.57. The summed E-state index contributed by atoms with van der Waals surface area (Å²) in [6, 6.07) is 29.1. The lowest BCUT2D eigenvalue weighted by atomic mass is 10.1. The summed E-state index contributed by atoms with van der Waals surface area (Å²) in [6.45, 7) is 0.365. The molecule has 0 bridgehead atoms. The van der Waals surface area contributed by atoms with Gasteiger partial charge in [-0.3, -0.25) is 4.79 Å². The fourth-order valence-electron chi connectivity index (χ4n) is 3.08. The van der Waals surface area contributed by atoms with E-state index in [4.69, 9.17) is 4.74 Å². The number of fused-ring (bicyclic) bond motifs is 1. The van der Waals surface area contributed by atoms with Crippen molar-refractivity contribution < 1.29 is 9.53 Å². The van der Waals surface area contributed by atoms with Gasteiger partial charge in [0, 0.05) is 4.47 Å². The molecule has 0 fully saturated rings. The number of hydrazone groups is 1. The molecule has 0 radical (unpaired) electrons. The maximum atomic E-state index is 12.6. The predicted molar refractivity (Wildman–Crippen MR) is 124 cm³/mol. The largest absolute Gasteiger partial charge is 0.488 e. The molecule has 0 unspecified atom stereocenters. The lowest BCUT2D eigenvalue weighted by Crippen LogP contribution is -2.18. The highest BCUT2D eigenvalue weighted by Crippen LogP contribution is 2.20. The maximum Gasteiger partial charge on any atom is 0.275 e. The number of para-hydroxylation sites is 1. The number of carbonyl (C=O) groups excluding carboxylic acids is 1. The standard InChI is InChI=1S/C25H19BrN2O2/c26-22-9-5-6-19(15-22)17-30-24-11-4-3-10-23(24)25(29)28-27-16-18-12-13-20-7-1-2-8-21(20)14-18/h1-16H,17H2,(H,28,29)/b27-16+. The molecular weight excluding hydrogens is 440 g/mol. The van der Waals surface area contributed by atoms with Gasteiger partial charge in [-0.25, -0.2) is 5.43 Å². The van der Waals surface area contributed by atoms with Crippen LogP contribution in [0.2, 0.25) is 0 Å². The Labute approximate surface area is 183 Å². The summed E-state index contributed by atoms with van der Waals surface area (Å²) in [7, 11) is 0. The number of hydrogen-bond donors (Lipinski definition) is 1. The Balaban J connectivity index is 1.43. The number of ether oxygens (including phenoxy) is 1. The SMILES string of the molecule is O=C(N/N=C/c1ccc2ccccc2c1)c1ccccc1OCc1cccc(Br)c1. The minimum atomic E-state index is -0.322. The van der Waals surface area contributed by atoms with Crippen molar-refractivity contribution in [2.45, 2.75) is 6.61 Å². The van der Waals surface area contributed by atoms with Crippen molar-refractivity contribution in [2.24, 2.45) is 5.10 Å². The first kappa shape index (κ1) is 19.9. The molecule has 0 heterocycles. The van der Waals surface area contributed by atoms with E-state index in [0.717, 1.165) is 26.4 Å². The Kier molecular flexibility index (Phi) is 6.20. The number of nitrogens with one attached hydrogen (secondary N) is 1. The summed E-state index contributed by atoms with van der Waals surface area (Å²) in [5.41, 5.74) is 4.94. The van der Waals surface area contributed by atoms with E-state index < -0.39 is 0 Å². The molecule has 148 valence electrons. The number of benzene rings is 4. The van der Waals surface area contributed by atoms with Gasteiger partial charge >= 0.3 is 0 Å². The molecule has 4 nitrogen and oxygen atoms in total. The molecular formula is C25H19BrN2O2. The smallest absolute Gasteiger partial charge is 0.275 e. The van der Waals surface area contributed by atoms with Crippen LogP contribution in [0.5, 0.6) is 5.75 Å². The Morgan fingerprint density at radius 2 is 1.70 bits per heavy atom. The van der Waals surface area contributed by atoms with E-state index in [9.17, 15) is 4.79 Å². The van der Waals surface area contributed by atoms with Crippen LogP contribution in [0, 0.1) is 0 Å². The van der Waals surface area contributed by atoms with Crippen molar-refractivity contribution in [1.29, 1.82) is 0 Å². The molecule has 0 saturated heterocycles. The molecule has 1 N–H and O–H groups in total. The Hall–Kier alpha value is -3.44. The molecule has 0 saturated carbocycles. The lowest BCUT2D eigenvalue weighted by Gasteiger charge is -2.10. The highest BCUT2D eigenvalue weighted by molar-refractivity contribution is 9.10. The van der Waals surface area contributed by atoms with Gasteiger partial charge < -0.3 is 4.74 Å². The second kappa shape index (κ2) is 9.37. The predicted octanol–water partition coefficient (Wildman–Crippen LogP) is 5.95. The molecule has 0 aromatic heterocycles. The lowest BCUT2D eigenvalue weighted by molar-refractivity contribution is 0.0950.